The van der Waals surface area contributed by atoms with E-state index in [2.05, 4.69) is 5.32 Å². The lowest BCUT2D eigenvalue weighted by Gasteiger charge is -2.44. The fourth-order valence-corrected chi connectivity index (χ4v) is 2.87. The van der Waals surface area contributed by atoms with Crippen molar-refractivity contribution >= 4 is 17.9 Å². The normalized spacial score (nSPS) is 24.0. The number of hydrogen-bond acceptors (Lipinski definition) is 4. The van der Waals surface area contributed by atoms with E-state index in [1.807, 2.05) is 30.3 Å². The summed E-state index contributed by atoms with van der Waals surface area (Å²) in [6.45, 7) is 2.74. The Morgan fingerprint density at radius 1 is 1.26 bits per heavy atom. The minimum atomic E-state index is -0.628. The number of nitrogens with zero attached hydrogens (tertiary/aromatic N) is 2. The van der Waals surface area contributed by atoms with Crippen LogP contribution in [0.15, 0.2) is 30.3 Å². The van der Waals surface area contributed by atoms with Crippen LogP contribution in [0.5, 0.6) is 0 Å². The molecule has 2 saturated heterocycles. The maximum absolute atomic E-state index is 12.2. The second-order valence-electron chi connectivity index (χ2n) is 5.76. The summed E-state index contributed by atoms with van der Waals surface area (Å²) in [6, 6.07) is 8.26. The van der Waals surface area contributed by atoms with Crippen LogP contribution in [0.2, 0.25) is 0 Å². The van der Waals surface area contributed by atoms with E-state index in [1.54, 1.807) is 11.8 Å². The molecule has 0 aliphatic carbocycles. The van der Waals surface area contributed by atoms with Crippen LogP contribution in [0.3, 0.4) is 0 Å². The smallest absolute Gasteiger partial charge is 0.410 e. The SMILES string of the molecule is C[C@@H]1NC(=O)[C@H]2CN(C(=O)OCc3ccccc3)CCN2C1=O. The summed E-state index contributed by atoms with van der Waals surface area (Å²) >= 11 is 0. The molecule has 2 atom stereocenters. The number of amides is 3. The molecule has 2 heterocycles. The lowest BCUT2D eigenvalue weighted by atomic mass is 10.1. The fourth-order valence-electron chi connectivity index (χ4n) is 2.87. The number of ether oxygens (including phenoxy) is 1. The Balaban J connectivity index is 1.59. The molecule has 0 aromatic heterocycles. The Morgan fingerprint density at radius 2 is 2.00 bits per heavy atom. The molecule has 1 aromatic rings. The van der Waals surface area contributed by atoms with Gasteiger partial charge in [0, 0.05) is 13.1 Å². The van der Waals surface area contributed by atoms with Crippen LogP contribution >= 0.6 is 0 Å². The highest BCUT2D eigenvalue weighted by Gasteiger charge is 2.43. The number of rotatable bonds is 2. The van der Waals surface area contributed by atoms with Crippen molar-refractivity contribution in [1.29, 1.82) is 0 Å². The van der Waals surface area contributed by atoms with Crippen molar-refractivity contribution in [2.24, 2.45) is 0 Å². The summed E-state index contributed by atoms with van der Waals surface area (Å²) in [5.41, 5.74) is 0.902. The Morgan fingerprint density at radius 3 is 2.74 bits per heavy atom. The standard InChI is InChI=1S/C16H19N3O4/c1-11-15(21)19-8-7-18(9-13(19)14(20)17-11)16(22)23-10-12-5-3-2-4-6-12/h2-6,11,13H,7-10H2,1H3,(H,17,20)/t11-,13+/m0/s1. The van der Waals surface area contributed by atoms with Crippen LogP contribution in [0, 0.1) is 0 Å². The van der Waals surface area contributed by atoms with Crippen molar-refractivity contribution in [3.8, 4) is 0 Å². The maximum atomic E-state index is 12.2. The fraction of sp³-hybridized carbons (Fsp3) is 0.438. The van der Waals surface area contributed by atoms with E-state index in [-0.39, 0.29) is 25.0 Å². The van der Waals surface area contributed by atoms with Crippen molar-refractivity contribution in [2.45, 2.75) is 25.6 Å². The van der Waals surface area contributed by atoms with Crippen molar-refractivity contribution in [2.75, 3.05) is 19.6 Å². The number of nitrogens with one attached hydrogen (secondary N) is 1. The van der Waals surface area contributed by atoms with Crippen LogP contribution < -0.4 is 5.32 Å². The summed E-state index contributed by atoms with van der Waals surface area (Å²) in [4.78, 5) is 39.3. The van der Waals surface area contributed by atoms with Crippen LogP contribution in [0.25, 0.3) is 0 Å². The van der Waals surface area contributed by atoms with Gasteiger partial charge in [0.1, 0.15) is 18.7 Å². The molecule has 2 fully saturated rings. The predicted molar refractivity (Wildman–Crippen MR) is 81.3 cm³/mol. The van der Waals surface area contributed by atoms with Gasteiger partial charge in [-0.1, -0.05) is 30.3 Å². The molecule has 7 heteroatoms. The average Bonchev–Trinajstić information content (AvgIpc) is 2.58. The van der Waals surface area contributed by atoms with Gasteiger partial charge in [0.05, 0.1) is 6.54 Å². The molecule has 3 amide bonds. The van der Waals surface area contributed by atoms with Crippen LogP contribution in [-0.2, 0) is 20.9 Å². The van der Waals surface area contributed by atoms with Gasteiger partial charge < -0.3 is 19.9 Å². The monoisotopic (exact) mass is 317 g/mol. The van der Waals surface area contributed by atoms with Crippen molar-refractivity contribution in [3.63, 3.8) is 0 Å². The predicted octanol–water partition coefficient (Wildman–Crippen LogP) is 0.354. The van der Waals surface area contributed by atoms with E-state index in [1.165, 1.54) is 4.90 Å². The number of carbonyl (C=O) groups excluding carboxylic acids is 3. The van der Waals surface area contributed by atoms with E-state index in [4.69, 9.17) is 4.74 Å². The average molecular weight is 317 g/mol. The summed E-state index contributed by atoms with van der Waals surface area (Å²) in [6.07, 6.45) is -0.465. The lowest BCUT2D eigenvalue weighted by molar-refractivity contribution is -0.151. The third-order valence-corrected chi connectivity index (χ3v) is 4.16. The molecular formula is C16H19N3O4. The highest BCUT2D eigenvalue weighted by Crippen LogP contribution is 2.17. The molecule has 7 nitrogen and oxygen atoms in total. The number of carbonyl (C=O) groups is 3. The molecule has 0 radical (unpaired) electrons. The zero-order chi connectivity index (χ0) is 16.4. The highest BCUT2D eigenvalue weighted by molar-refractivity contribution is 5.97. The minimum absolute atomic E-state index is 0.105. The number of hydrogen-bond donors (Lipinski definition) is 1. The molecule has 0 unspecified atom stereocenters. The minimum Gasteiger partial charge on any atom is -0.445 e. The Hall–Kier alpha value is -2.57. The van der Waals surface area contributed by atoms with Gasteiger partial charge in [-0.05, 0) is 12.5 Å². The van der Waals surface area contributed by atoms with E-state index in [9.17, 15) is 14.4 Å². The van der Waals surface area contributed by atoms with Gasteiger partial charge in [-0.2, -0.15) is 0 Å². The second-order valence-corrected chi connectivity index (χ2v) is 5.76. The van der Waals surface area contributed by atoms with E-state index in [0.717, 1.165) is 5.56 Å². The van der Waals surface area contributed by atoms with E-state index in [0.29, 0.717) is 13.1 Å². The first kappa shape index (κ1) is 15.3. The molecule has 0 bridgehead atoms. The van der Waals surface area contributed by atoms with Gasteiger partial charge in [0.2, 0.25) is 11.8 Å². The molecule has 3 rings (SSSR count). The zero-order valence-corrected chi connectivity index (χ0v) is 12.9. The Labute approximate surface area is 134 Å². The molecule has 122 valence electrons. The first-order chi connectivity index (χ1) is 11.1. The van der Waals surface area contributed by atoms with Crippen molar-refractivity contribution < 1.29 is 19.1 Å². The zero-order valence-electron chi connectivity index (χ0n) is 12.9. The number of benzene rings is 1. The van der Waals surface area contributed by atoms with Gasteiger partial charge >= 0.3 is 6.09 Å². The molecular weight excluding hydrogens is 298 g/mol. The highest BCUT2D eigenvalue weighted by atomic mass is 16.6. The van der Waals surface area contributed by atoms with Crippen molar-refractivity contribution in [3.05, 3.63) is 35.9 Å². The third kappa shape index (κ3) is 3.13. The summed E-state index contributed by atoms with van der Waals surface area (Å²) < 4.78 is 5.28. The van der Waals surface area contributed by atoms with Gasteiger partial charge in [0.15, 0.2) is 0 Å². The molecule has 1 N–H and O–H groups in total. The number of piperazine rings is 2. The van der Waals surface area contributed by atoms with Gasteiger partial charge in [-0.25, -0.2) is 4.79 Å². The van der Waals surface area contributed by atoms with E-state index < -0.39 is 18.2 Å². The Bertz CT molecular complexity index is 619. The first-order valence-corrected chi connectivity index (χ1v) is 7.63. The molecule has 0 saturated carbocycles. The Kier molecular flexibility index (Phi) is 4.18. The quantitative estimate of drug-likeness (QED) is 0.854. The van der Waals surface area contributed by atoms with Crippen LogP contribution in [-0.4, -0.2) is 59.4 Å². The molecule has 2 aliphatic heterocycles. The molecule has 23 heavy (non-hydrogen) atoms. The summed E-state index contributed by atoms with van der Waals surface area (Å²) in [7, 11) is 0. The third-order valence-electron chi connectivity index (χ3n) is 4.16. The summed E-state index contributed by atoms with van der Waals surface area (Å²) in [5.74, 6) is -0.329. The maximum Gasteiger partial charge on any atom is 0.410 e. The van der Waals surface area contributed by atoms with Gasteiger partial charge in [-0.3, -0.25) is 9.59 Å². The lowest BCUT2D eigenvalue weighted by Crippen LogP contribution is -2.69. The molecule has 2 aliphatic rings. The van der Waals surface area contributed by atoms with E-state index >= 15 is 0 Å². The van der Waals surface area contributed by atoms with Gasteiger partial charge in [-0.15, -0.1) is 0 Å². The molecule has 1 aromatic carbocycles. The first-order valence-electron chi connectivity index (χ1n) is 7.63. The topological polar surface area (TPSA) is 79.0 Å². The second kappa shape index (κ2) is 6.28. The van der Waals surface area contributed by atoms with Crippen LogP contribution in [0.1, 0.15) is 12.5 Å². The summed E-state index contributed by atoms with van der Waals surface area (Å²) in [5, 5.41) is 2.64. The number of fused-ring (bicyclic) bond motifs is 1. The molecule has 0 spiro atoms. The largest absolute Gasteiger partial charge is 0.445 e. The van der Waals surface area contributed by atoms with Gasteiger partial charge in [0.25, 0.3) is 0 Å². The van der Waals surface area contributed by atoms with Crippen LogP contribution in [0.4, 0.5) is 4.79 Å². The van der Waals surface area contributed by atoms with Crippen molar-refractivity contribution in [1.82, 2.24) is 15.1 Å².